The van der Waals surface area contributed by atoms with Crippen LogP contribution in [0.4, 0.5) is 0 Å². The third-order valence-corrected chi connectivity index (χ3v) is 11.2. The minimum absolute atomic E-state index is 0.0401. The van der Waals surface area contributed by atoms with Crippen molar-refractivity contribution >= 4 is 59.8 Å². The molecule has 0 amide bonds. The molecule has 3 heterocycles. The van der Waals surface area contributed by atoms with E-state index >= 15 is 0 Å². The van der Waals surface area contributed by atoms with E-state index in [1.54, 1.807) is 0 Å². The molecule has 7 aromatic carbocycles. The van der Waals surface area contributed by atoms with Crippen LogP contribution < -0.4 is 5.56 Å². The summed E-state index contributed by atoms with van der Waals surface area (Å²) in [5, 5.41) is 7.64. The number of benzene rings is 7. The number of nitrogens with zero attached hydrogens (tertiary/aromatic N) is 2. The fourth-order valence-electron chi connectivity index (χ4n) is 9.14. The Bertz CT molecular complexity index is 3050. The first kappa shape index (κ1) is 26.8. The fourth-order valence-corrected chi connectivity index (χ4v) is 9.14. The molecule has 0 spiro atoms. The first-order valence-electron chi connectivity index (χ1n) is 17.0. The van der Waals surface area contributed by atoms with Gasteiger partial charge in [-0.05, 0) is 81.2 Å². The molecule has 0 saturated heterocycles. The van der Waals surface area contributed by atoms with Gasteiger partial charge in [0.1, 0.15) is 0 Å². The zero-order valence-electron chi connectivity index (χ0n) is 27.2. The molecule has 230 valence electrons. The van der Waals surface area contributed by atoms with Crippen LogP contribution >= 0.6 is 0 Å². The summed E-state index contributed by atoms with van der Waals surface area (Å²) in [5.74, 6) is 0. The fraction of sp³-hybridized carbons (Fsp3) is 0.0652. The van der Waals surface area contributed by atoms with Crippen LogP contribution in [0.5, 0.6) is 0 Å². The molecule has 0 atom stereocenters. The van der Waals surface area contributed by atoms with Gasteiger partial charge >= 0.3 is 0 Å². The number of aromatic nitrogens is 2. The van der Waals surface area contributed by atoms with Crippen LogP contribution in [0.15, 0.2) is 150 Å². The zero-order valence-corrected chi connectivity index (χ0v) is 27.2. The van der Waals surface area contributed by atoms with Crippen molar-refractivity contribution in [2.24, 2.45) is 0 Å². The van der Waals surface area contributed by atoms with Gasteiger partial charge in [-0.25, -0.2) is 0 Å². The summed E-state index contributed by atoms with van der Waals surface area (Å²) in [5.41, 5.74) is 13.1. The summed E-state index contributed by atoms with van der Waals surface area (Å²) in [6.45, 7) is 4.73. The average molecular weight is 627 g/mol. The molecule has 0 fully saturated rings. The molecule has 49 heavy (non-hydrogen) atoms. The van der Waals surface area contributed by atoms with Crippen LogP contribution in [-0.4, -0.2) is 8.97 Å². The minimum Gasteiger partial charge on any atom is -0.309 e. The van der Waals surface area contributed by atoms with E-state index in [2.05, 4.69) is 146 Å². The van der Waals surface area contributed by atoms with Gasteiger partial charge in [0.2, 0.25) is 0 Å². The Labute approximate surface area is 282 Å². The molecule has 0 bridgehead atoms. The van der Waals surface area contributed by atoms with Crippen molar-refractivity contribution in [1.29, 1.82) is 0 Å². The first-order valence-corrected chi connectivity index (χ1v) is 17.0. The van der Waals surface area contributed by atoms with Crippen LogP contribution in [0.1, 0.15) is 25.0 Å². The molecule has 0 radical (unpaired) electrons. The topological polar surface area (TPSA) is 26.4 Å². The van der Waals surface area contributed by atoms with Crippen molar-refractivity contribution in [1.82, 2.24) is 8.97 Å². The van der Waals surface area contributed by atoms with Crippen molar-refractivity contribution < 1.29 is 0 Å². The Morgan fingerprint density at radius 1 is 0.469 bits per heavy atom. The Hall–Kier alpha value is -6.19. The third kappa shape index (κ3) is 3.34. The lowest BCUT2D eigenvalue weighted by atomic mass is 9.78. The molecule has 0 aliphatic heterocycles. The summed E-state index contributed by atoms with van der Waals surface area (Å²) in [4.78, 5) is 13.9. The third-order valence-electron chi connectivity index (χ3n) is 11.2. The van der Waals surface area contributed by atoms with Crippen molar-refractivity contribution in [3.05, 3.63) is 167 Å². The summed E-state index contributed by atoms with van der Waals surface area (Å²) < 4.78 is 4.34. The van der Waals surface area contributed by atoms with E-state index in [0.29, 0.717) is 0 Å². The van der Waals surface area contributed by atoms with Crippen LogP contribution in [-0.2, 0) is 5.41 Å². The predicted molar refractivity (Wildman–Crippen MR) is 205 cm³/mol. The Morgan fingerprint density at radius 3 is 1.84 bits per heavy atom. The molecule has 1 aliphatic carbocycles. The summed E-state index contributed by atoms with van der Waals surface area (Å²) in [6, 6.07) is 52.2. The quantitative estimate of drug-likeness (QED) is 0.175. The normalized spacial score (nSPS) is 13.8. The van der Waals surface area contributed by atoms with Crippen LogP contribution in [0.25, 0.3) is 87.7 Å². The summed E-state index contributed by atoms with van der Waals surface area (Å²) in [7, 11) is 0. The van der Waals surface area contributed by atoms with Crippen molar-refractivity contribution in [3.63, 3.8) is 0 Å². The van der Waals surface area contributed by atoms with E-state index in [4.69, 9.17) is 0 Å². The Morgan fingerprint density at radius 2 is 1.08 bits per heavy atom. The number of hydrogen-bond donors (Lipinski definition) is 0. The van der Waals surface area contributed by atoms with Gasteiger partial charge in [-0.3, -0.25) is 9.20 Å². The second-order valence-electron chi connectivity index (χ2n) is 14.1. The number of rotatable bonds is 2. The van der Waals surface area contributed by atoms with Gasteiger partial charge < -0.3 is 4.57 Å². The van der Waals surface area contributed by atoms with Gasteiger partial charge in [-0.2, -0.15) is 0 Å². The SMILES string of the molecule is CC1(C)c2cc(-n3c4ccccc4c4ccccc43)ccc2-c2cccc(-c3ccc4c(c3)c3cccc5c6ccccc6c(=O)n4c53)c21. The number of hydrogen-bond acceptors (Lipinski definition) is 1. The average Bonchev–Trinajstić information content (AvgIpc) is 3.74. The lowest BCUT2D eigenvalue weighted by molar-refractivity contribution is 0.661. The molecule has 0 unspecified atom stereocenters. The number of pyridine rings is 1. The highest BCUT2D eigenvalue weighted by Gasteiger charge is 2.38. The summed E-state index contributed by atoms with van der Waals surface area (Å²) in [6.07, 6.45) is 0. The highest BCUT2D eigenvalue weighted by atomic mass is 16.1. The molecule has 3 aromatic heterocycles. The van der Waals surface area contributed by atoms with Gasteiger partial charge in [0.05, 0.1) is 22.1 Å². The standard InChI is InChI=1S/C46H30N2O/c1-46(2)39-26-28(47-40-19-7-5-12-32(40)33-13-6-8-20-41(33)47)22-23-31(39)34-16-9-15-29(43(34)46)27-21-24-42-38(25-27)36-18-10-17-35-30-11-3-4-14-37(30)45(49)48(42)44(35)36/h3-26H,1-2H3. The maximum atomic E-state index is 13.9. The largest absolute Gasteiger partial charge is 0.309 e. The van der Waals surface area contributed by atoms with Crippen molar-refractivity contribution in [2.75, 3.05) is 0 Å². The second-order valence-corrected chi connectivity index (χ2v) is 14.1. The predicted octanol–water partition coefficient (Wildman–Crippen LogP) is 11.3. The smallest absolute Gasteiger partial charge is 0.263 e. The van der Waals surface area contributed by atoms with E-state index in [0.717, 1.165) is 38.0 Å². The zero-order chi connectivity index (χ0) is 32.6. The van der Waals surface area contributed by atoms with Gasteiger partial charge in [0, 0.05) is 43.4 Å². The monoisotopic (exact) mass is 626 g/mol. The van der Waals surface area contributed by atoms with E-state index in [9.17, 15) is 4.79 Å². The van der Waals surface area contributed by atoms with Gasteiger partial charge in [0.15, 0.2) is 0 Å². The molecule has 0 saturated carbocycles. The van der Waals surface area contributed by atoms with E-state index < -0.39 is 0 Å². The van der Waals surface area contributed by atoms with Gasteiger partial charge in [-0.15, -0.1) is 0 Å². The van der Waals surface area contributed by atoms with Crippen molar-refractivity contribution in [3.8, 4) is 27.9 Å². The maximum absolute atomic E-state index is 13.9. The minimum atomic E-state index is -0.229. The molecule has 0 N–H and O–H groups in total. The Balaban J connectivity index is 1.12. The highest BCUT2D eigenvalue weighted by molar-refractivity contribution is 6.20. The van der Waals surface area contributed by atoms with Crippen LogP contribution in [0, 0.1) is 0 Å². The summed E-state index contributed by atoms with van der Waals surface area (Å²) >= 11 is 0. The van der Waals surface area contributed by atoms with Crippen LogP contribution in [0.3, 0.4) is 0 Å². The molecular formula is C46H30N2O. The Kier molecular flexibility index (Phi) is 5.06. The number of para-hydroxylation sites is 3. The maximum Gasteiger partial charge on any atom is 0.263 e. The van der Waals surface area contributed by atoms with E-state index in [1.807, 2.05) is 22.6 Å². The van der Waals surface area contributed by atoms with Crippen molar-refractivity contribution in [2.45, 2.75) is 19.3 Å². The molecule has 11 rings (SSSR count). The molecule has 1 aliphatic rings. The van der Waals surface area contributed by atoms with E-state index in [1.165, 1.54) is 60.9 Å². The van der Waals surface area contributed by atoms with Crippen LogP contribution in [0.2, 0.25) is 0 Å². The molecule has 10 aromatic rings. The van der Waals surface area contributed by atoms with Gasteiger partial charge in [-0.1, -0.05) is 117 Å². The van der Waals surface area contributed by atoms with Gasteiger partial charge in [0.25, 0.3) is 5.56 Å². The first-order chi connectivity index (χ1) is 24.0. The molecule has 3 nitrogen and oxygen atoms in total. The molecular weight excluding hydrogens is 597 g/mol. The number of fused-ring (bicyclic) bond motifs is 11. The highest BCUT2D eigenvalue weighted by Crippen LogP contribution is 2.53. The lowest BCUT2D eigenvalue weighted by Crippen LogP contribution is -2.16. The molecule has 3 heteroatoms. The van der Waals surface area contributed by atoms with E-state index in [-0.39, 0.29) is 11.0 Å². The lowest BCUT2D eigenvalue weighted by Gasteiger charge is -2.25. The second kappa shape index (κ2) is 9.24.